The maximum Gasteiger partial charge on any atom is 0.190 e. The van der Waals surface area contributed by atoms with Crippen LogP contribution in [0.25, 0.3) is 10.9 Å². The number of pyridine rings is 1. The van der Waals surface area contributed by atoms with Crippen LogP contribution in [0.15, 0.2) is 55.0 Å². The Morgan fingerprint density at radius 2 is 1.61 bits per heavy atom. The van der Waals surface area contributed by atoms with Gasteiger partial charge in [-0.25, -0.2) is 5.32 Å². The molecule has 2 aromatic rings. The second-order valence-corrected chi connectivity index (χ2v) is 6.30. The lowest BCUT2D eigenvalue weighted by Crippen LogP contribution is -2.36. The number of unbranched alkanes of at least 4 members (excludes halogenated alkanes) is 1. The van der Waals surface area contributed by atoms with E-state index in [1.165, 1.54) is 50.1 Å². The molecule has 0 saturated carbocycles. The topological polar surface area (TPSA) is 79.0 Å². The van der Waals surface area contributed by atoms with E-state index in [1.54, 1.807) is 5.32 Å². The number of para-hydroxylation sites is 1. The number of nitriles is 2. The molecule has 0 aliphatic carbocycles. The van der Waals surface area contributed by atoms with Crippen molar-refractivity contribution in [3.63, 3.8) is 0 Å². The second-order valence-electron chi connectivity index (χ2n) is 6.30. The van der Waals surface area contributed by atoms with E-state index in [2.05, 4.69) is 60.1 Å². The molecule has 1 aliphatic rings. The third kappa shape index (κ3) is 7.97. The van der Waals surface area contributed by atoms with Crippen molar-refractivity contribution >= 4 is 10.9 Å². The van der Waals surface area contributed by atoms with E-state index in [9.17, 15) is 0 Å². The highest BCUT2D eigenvalue weighted by atomic mass is 15.4. The van der Waals surface area contributed by atoms with Gasteiger partial charge < -0.3 is 9.80 Å². The Morgan fingerprint density at radius 3 is 2.18 bits per heavy atom. The Bertz CT molecular complexity index is 712. The number of nitrogens with one attached hydrogen (secondary N) is 1. The average Bonchev–Trinajstić information content (AvgIpc) is 3.08. The zero-order valence-corrected chi connectivity index (χ0v) is 17.0. The Hall–Kier alpha value is -3.25. The minimum atomic E-state index is 0.575. The number of hydrogen-bond donors (Lipinski definition) is 1. The zero-order valence-electron chi connectivity index (χ0n) is 17.0. The molecular weight excluding hydrogens is 348 g/mol. The van der Waals surface area contributed by atoms with E-state index in [-0.39, 0.29) is 0 Å². The summed E-state index contributed by atoms with van der Waals surface area (Å²) in [6.45, 7) is 9.14. The van der Waals surface area contributed by atoms with Crippen LogP contribution in [0.5, 0.6) is 0 Å². The van der Waals surface area contributed by atoms with Gasteiger partial charge in [0.2, 0.25) is 0 Å². The predicted octanol–water partition coefficient (Wildman–Crippen LogP) is 4.40. The first-order chi connectivity index (χ1) is 13.7. The first-order valence-corrected chi connectivity index (χ1v) is 9.70. The second kappa shape index (κ2) is 13.9. The van der Waals surface area contributed by atoms with E-state index >= 15 is 0 Å². The summed E-state index contributed by atoms with van der Waals surface area (Å²) < 4.78 is 0. The van der Waals surface area contributed by atoms with Crippen LogP contribution in [0, 0.1) is 22.9 Å². The van der Waals surface area contributed by atoms with Crippen molar-refractivity contribution in [1.29, 1.82) is 10.5 Å². The quantitative estimate of drug-likeness (QED) is 0.613. The molecule has 6 heteroatoms. The number of rotatable bonds is 5. The summed E-state index contributed by atoms with van der Waals surface area (Å²) in [6, 6.07) is 12.1. The SMILES string of the molecule is CCCCN1C=CN(CCC)C1C.N#CNC#N.c1ccc2ncccc2c1. The Balaban J connectivity index is 0.000000231. The zero-order chi connectivity index (χ0) is 20.6. The molecule has 3 rings (SSSR count). The molecule has 0 fully saturated rings. The van der Waals surface area contributed by atoms with Crippen molar-refractivity contribution in [3.05, 3.63) is 55.0 Å². The summed E-state index contributed by atoms with van der Waals surface area (Å²) in [5.74, 6) is 0. The number of hydrogen-bond acceptors (Lipinski definition) is 6. The molecule has 28 heavy (non-hydrogen) atoms. The first kappa shape index (κ1) is 22.8. The maximum atomic E-state index is 7.48. The first-order valence-electron chi connectivity index (χ1n) is 9.70. The van der Waals surface area contributed by atoms with Crippen LogP contribution < -0.4 is 5.32 Å². The van der Waals surface area contributed by atoms with Gasteiger partial charge in [-0.05, 0) is 31.9 Å². The molecule has 0 saturated heterocycles. The lowest BCUT2D eigenvalue weighted by Gasteiger charge is -2.29. The molecule has 1 aromatic carbocycles. The minimum Gasteiger partial charge on any atom is -0.356 e. The fourth-order valence-electron chi connectivity index (χ4n) is 2.77. The molecule has 0 bridgehead atoms. The third-order valence-electron chi connectivity index (χ3n) is 4.29. The molecule has 0 spiro atoms. The van der Waals surface area contributed by atoms with Crippen LogP contribution in [0.2, 0.25) is 0 Å². The molecule has 1 N–H and O–H groups in total. The highest BCUT2D eigenvalue weighted by Crippen LogP contribution is 2.16. The van der Waals surface area contributed by atoms with Crippen molar-refractivity contribution in [2.45, 2.75) is 46.2 Å². The van der Waals surface area contributed by atoms with Gasteiger partial charge in [0.15, 0.2) is 12.4 Å². The highest BCUT2D eigenvalue weighted by molar-refractivity contribution is 5.77. The summed E-state index contributed by atoms with van der Waals surface area (Å²) in [5, 5.41) is 17.9. The smallest absolute Gasteiger partial charge is 0.190 e. The average molecular weight is 379 g/mol. The fraction of sp³-hybridized carbons (Fsp3) is 0.409. The molecule has 2 heterocycles. The molecule has 1 aromatic heterocycles. The molecule has 0 radical (unpaired) electrons. The Labute approximate surface area is 168 Å². The van der Waals surface area contributed by atoms with Crippen LogP contribution in [0.1, 0.15) is 40.0 Å². The van der Waals surface area contributed by atoms with Gasteiger partial charge >= 0.3 is 0 Å². The van der Waals surface area contributed by atoms with E-state index in [0.717, 1.165) is 5.52 Å². The highest BCUT2D eigenvalue weighted by Gasteiger charge is 2.19. The van der Waals surface area contributed by atoms with E-state index < -0.39 is 0 Å². The third-order valence-corrected chi connectivity index (χ3v) is 4.29. The number of benzene rings is 1. The summed E-state index contributed by atoms with van der Waals surface area (Å²) in [4.78, 5) is 9.02. The van der Waals surface area contributed by atoms with Gasteiger partial charge in [0.05, 0.1) is 11.7 Å². The van der Waals surface area contributed by atoms with E-state index in [0.29, 0.717) is 6.17 Å². The number of fused-ring (bicyclic) bond motifs is 1. The Kier molecular flexibility index (Phi) is 11.3. The summed E-state index contributed by atoms with van der Waals surface area (Å²) >= 11 is 0. The van der Waals surface area contributed by atoms with Crippen molar-refractivity contribution in [3.8, 4) is 12.4 Å². The van der Waals surface area contributed by atoms with Gasteiger partial charge in [0.1, 0.15) is 0 Å². The largest absolute Gasteiger partial charge is 0.356 e. The summed E-state index contributed by atoms with van der Waals surface area (Å²) in [6.07, 6.45) is 13.5. The molecule has 1 atom stereocenters. The maximum absolute atomic E-state index is 7.48. The van der Waals surface area contributed by atoms with Gasteiger partial charge in [-0.3, -0.25) is 4.98 Å². The summed E-state index contributed by atoms with van der Waals surface area (Å²) in [7, 11) is 0. The van der Waals surface area contributed by atoms with Gasteiger partial charge in [-0.2, -0.15) is 10.5 Å². The number of aromatic nitrogens is 1. The monoisotopic (exact) mass is 378 g/mol. The summed E-state index contributed by atoms with van der Waals surface area (Å²) in [5.41, 5.74) is 1.06. The molecule has 148 valence electrons. The normalized spacial score (nSPS) is 14.2. The predicted molar refractivity (Wildman–Crippen MR) is 113 cm³/mol. The van der Waals surface area contributed by atoms with Crippen LogP contribution in [-0.2, 0) is 0 Å². The van der Waals surface area contributed by atoms with E-state index in [1.807, 2.05) is 30.5 Å². The van der Waals surface area contributed by atoms with Crippen molar-refractivity contribution in [2.24, 2.45) is 0 Å². The lowest BCUT2D eigenvalue weighted by atomic mass is 10.2. The van der Waals surface area contributed by atoms with Crippen LogP contribution >= 0.6 is 0 Å². The molecule has 0 amide bonds. The fourth-order valence-corrected chi connectivity index (χ4v) is 2.77. The molecule has 1 unspecified atom stereocenters. The minimum absolute atomic E-state index is 0.575. The molecule has 6 nitrogen and oxygen atoms in total. The van der Waals surface area contributed by atoms with Crippen LogP contribution in [0.4, 0.5) is 0 Å². The van der Waals surface area contributed by atoms with Crippen LogP contribution in [-0.4, -0.2) is 34.0 Å². The van der Waals surface area contributed by atoms with Crippen molar-refractivity contribution in [2.75, 3.05) is 13.1 Å². The van der Waals surface area contributed by atoms with Gasteiger partial charge in [0.25, 0.3) is 0 Å². The number of nitrogens with zero attached hydrogens (tertiary/aromatic N) is 5. The van der Waals surface area contributed by atoms with Crippen LogP contribution in [0.3, 0.4) is 0 Å². The van der Waals surface area contributed by atoms with E-state index in [4.69, 9.17) is 10.5 Å². The standard InChI is InChI=1S/C11H22N2.C9H7N.C2HN3/c1-4-6-8-13-10-9-12(7-5-2)11(13)3;1-2-6-9-8(4-1)5-3-7-10-9;3-1-5-2-4/h9-11H,4-8H2,1-3H3;1-7H;5H. The van der Waals surface area contributed by atoms with Crippen molar-refractivity contribution in [1.82, 2.24) is 20.1 Å². The lowest BCUT2D eigenvalue weighted by molar-refractivity contribution is 0.168. The van der Waals surface area contributed by atoms with Gasteiger partial charge in [0, 0.05) is 37.1 Å². The van der Waals surface area contributed by atoms with Crippen molar-refractivity contribution < 1.29 is 0 Å². The van der Waals surface area contributed by atoms with Gasteiger partial charge in [-0.15, -0.1) is 0 Å². The van der Waals surface area contributed by atoms with Gasteiger partial charge in [-0.1, -0.05) is 44.5 Å². The molecular formula is C22H30N6. The molecule has 1 aliphatic heterocycles. The Morgan fingerprint density at radius 1 is 0.964 bits per heavy atom.